The zero-order chi connectivity index (χ0) is 18.1. The van der Waals surface area contributed by atoms with Crippen molar-refractivity contribution in [2.45, 2.75) is 39.5 Å². The van der Waals surface area contributed by atoms with Crippen LogP contribution in [0.1, 0.15) is 31.6 Å². The van der Waals surface area contributed by atoms with Gasteiger partial charge in [0.1, 0.15) is 18.2 Å². The number of aliphatic hydroxyl groups excluding tert-OH is 1. The third kappa shape index (κ3) is 7.38. The maximum absolute atomic E-state index is 13.9. The molecule has 1 atom stereocenters. The highest BCUT2D eigenvalue weighted by molar-refractivity contribution is 5.17. The number of halogens is 1. The zero-order valence-corrected chi connectivity index (χ0v) is 15.0. The van der Waals surface area contributed by atoms with Gasteiger partial charge in [-0.25, -0.2) is 4.39 Å². The molecule has 0 saturated heterocycles. The lowest BCUT2D eigenvalue weighted by atomic mass is 10.1. The van der Waals surface area contributed by atoms with E-state index in [1.807, 2.05) is 12.1 Å². The highest BCUT2D eigenvalue weighted by Gasteiger charge is 2.15. The van der Waals surface area contributed by atoms with Crippen LogP contribution in [0.5, 0.6) is 0 Å². The minimum absolute atomic E-state index is 0.208. The number of furan rings is 1. The van der Waals surface area contributed by atoms with Gasteiger partial charge in [0.25, 0.3) is 0 Å². The molecule has 0 amide bonds. The summed E-state index contributed by atoms with van der Waals surface area (Å²) < 4.78 is 24.6. The predicted molar refractivity (Wildman–Crippen MR) is 95.5 cm³/mol. The second-order valence-corrected chi connectivity index (χ2v) is 6.76. The van der Waals surface area contributed by atoms with Crippen LogP contribution in [0.25, 0.3) is 0 Å². The lowest BCUT2D eigenvalue weighted by Gasteiger charge is -2.26. The summed E-state index contributed by atoms with van der Waals surface area (Å²) in [6.07, 6.45) is 1.96. The molecule has 0 bridgehead atoms. The Morgan fingerprint density at radius 2 is 2.00 bits per heavy atom. The number of ether oxygens (including phenoxy) is 1. The van der Waals surface area contributed by atoms with E-state index in [4.69, 9.17) is 9.15 Å². The van der Waals surface area contributed by atoms with Crippen LogP contribution in [0.4, 0.5) is 4.39 Å². The van der Waals surface area contributed by atoms with Gasteiger partial charge in [-0.05, 0) is 37.1 Å². The first-order valence-electron chi connectivity index (χ1n) is 8.78. The Bertz CT molecular complexity index is 601. The van der Waals surface area contributed by atoms with Gasteiger partial charge in [-0.3, -0.25) is 4.90 Å². The summed E-state index contributed by atoms with van der Waals surface area (Å²) in [7, 11) is 0. The van der Waals surface area contributed by atoms with E-state index in [2.05, 4.69) is 18.7 Å². The van der Waals surface area contributed by atoms with E-state index in [1.165, 1.54) is 6.07 Å². The number of aliphatic hydroxyl groups is 1. The largest absolute Gasteiger partial charge is 0.467 e. The molecule has 0 aliphatic heterocycles. The third-order valence-electron chi connectivity index (χ3n) is 3.98. The predicted octanol–water partition coefficient (Wildman–Crippen LogP) is 3.84. The van der Waals surface area contributed by atoms with E-state index in [9.17, 15) is 9.50 Å². The van der Waals surface area contributed by atoms with E-state index in [-0.39, 0.29) is 12.4 Å². The molecular formula is C20H28FNO3. The van der Waals surface area contributed by atoms with Crippen LogP contribution in [0.2, 0.25) is 0 Å². The molecule has 1 N–H and O–H groups in total. The Kier molecular flexibility index (Phi) is 8.12. The van der Waals surface area contributed by atoms with Gasteiger partial charge >= 0.3 is 0 Å². The van der Waals surface area contributed by atoms with Crippen LogP contribution in [0.3, 0.4) is 0 Å². The summed E-state index contributed by atoms with van der Waals surface area (Å²) in [6, 6.07) is 10.4. The molecule has 0 aliphatic rings. The smallest absolute Gasteiger partial charge is 0.129 e. The Labute approximate surface area is 149 Å². The highest BCUT2D eigenvalue weighted by Crippen LogP contribution is 2.12. The van der Waals surface area contributed by atoms with Gasteiger partial charge in [0.15, 0.2) is 0 Å². The first kappa shape index (κ1) is 19.6. The molecule has 0 aliphatic carbocycles. The molecular weight excluding hydrogens is 321 g/mol. The fourth-order valence-electron chi connectivity index (χ4n) is 2.58. The molecule has 4 nitrogen and oxygen atoms in total. The summed E-state index contributed by atoms with van der Waals surface area (Å²) in [5.41, 5.74) is 0.648. The lowest BCUT2D eigenvalue weighted by molar-refractivity contribution is 0.00312. The summed E-state index contributed by atoms with van der Waals surface area (Å²) in [4.78, 5) is 2.08. The molecule has 0 radical (unpaired) electrons. The third-order valence-corrected chi connectivity index (χ3v) is 3.98. The van der Waals surface area contributed by atoms with Crippen molar-refractivity contribution in [3.05, 3.63) is 59.8 Å². The molecule has 1 heterocycles. The van der Waals surface area contributed by atoms with Crippen LogP contribution in [0.15, 0.2) is 47.1 Å². The van der Waals surface area contributed by atoms with Gasteiger partial charge in [-0.15, -0.1) is 0 Å². The van der Waals surface area contributed by atoms with Gasteiger partial charge in [0.2, 0.25) is 0 Å². The minimum atomic E-state index is -0.631. The van der Waals surface area contributed by atoms with Crippen LogP contribution >= 0.6 is 0 Å². The molecule has 0 spiro atoms. The normalized spacial score (nSPS) is 12.9. The average molecular weight is 349 g/mol. The van der Waals surface area contributed by atoms with Gasteiger partial charge in [0.05, 0.1) is 19.0 Å². The van der Waals surface area contributed by atoms with Crippen molar-refractivity contribution in [1.29, 1.82) is 0 Å². The van der Waals surface area contributed by atoms with Crippen LogP contribution in [-0.2, 0) is 17.9 Å². The number of rotatable bonds is 11. The Hall–Kier alpha value is -1.69. The second-order valence-electron chi connectivity index (χ2n) is 6.76. The molecule has 138 valence electrons. The van der Waals surface area contributed by atoms with Crippen molar-refractivity contribution in [3.8, 4) is 0 Å². The van der Waals surface area contributed by atoms with Crippen molar-refractivity contribution in [2.75, 3.05) is 19.7 Å². The number of benzene rings is 1. The highest BCUT2D eigenvalue weighted by atomic mass is 19.1. The summed E-state index contributed by atoms with van der Waals surface area (Å²) in [5.74, 6) is 1.08. The first-order valence-corrected chi connectivity index (χ1v) is 8.78. The molecule has 1 aromatic carbocycles. The topological polar surface area (TPSA) is 45.8 Å². The lowest BCUT2D eigenvalue weighted by Crippen LogP contribution is -2.35. The van der Waals surface area contributed by atoms with E-state index in [0.717, 1.165) is 18.7 Å². The molecule has 1 aromatic heterocycles. The molecule has 2 rings (SSSR count). The molecule has 0 unspecified atom stereocenters. The molecule has 25 heavy (non-hydrogen) atoms. The molecule has 2 aromatic rings. The molecule has 0 saturated carbocycles. The molecule has 5 heteroatoms. The van der Waals surface area contributed by atoms with Crippen molar-refractivity contribution in [3.63, 3.8) is 0 Å². The number of hydrogen-bond acceptors (Lipinski definition) is 4. The van der Waals surface area contributed by atoms with Crippen LogP contribution in [-0.4, -0.2) is 35.8 Å². The summed E-state index contributed by atoms with van der Waals surface area (Å²) >= 11 is 0. The summed E-state index contributed by atoms with van der Waals surface area (Å²) in [6.45, 7) is 6.60. The Balaban J connectivity index is 1.84. The quantitative estimate of drug-likeness (QED) is 0.669. The van der Waals surface area contributed by atoms with Gasteiger partial charge in [-0.2, -0.15) is 0 Å². The Morgan fingerprint density at radius 3 is 2.68 bits per heavy atom. The standard InChI is InChI=1S/C20H28FNO3/c1-16(2)9-10-22(12-17-6-3-4-8-20(17)21)13-18(23)14-24-15-19-7-5-11-25-19/h3-8,11,16,18,23H,9-10,12-15H2,1-2H3/t18-/m0/s1. The maximum atomic E-state index is 13.9. The fourth-order valence-corrected chi connectivity index (χ4v) is 2.58. The van der Waals surface area contributed by atoms with Crippen molar-refractivity contribution < 1.29 is 18.7 Å². The SMILES string of the molecule is CC(C)CCN(Cc1ccccc1F)C[C@H](O)COCc1ccco1. The van der Waals surface area contributed by atoms with Crippen LogP contribution < -0.4 is 0 Å². The van der Waals surface area contributed by atoms with E-state index in [1.54, 1.807) is 24.5 Å². The zero-order valence-electron chi connectivity index (χ0n) is 15.0. The number of hydrogen-bond donors (Lipinski definition) is 1. The van der Waals surface area contributed by atoms with Crippen LogP contribution in [0, 0.1) is 11.7 Å². The first-order chi connectivity index (χ1) is 12.0. The van der Waals surface area contributed by atoms with Gasteiger partial charge in [-0.1, -0.05) is 32.0 Å². The maximum Gasteiger partial charge on any atom is 0.129 e. The van der Waals surface area contributed by atoms with Gasteiger partial charge < -0.3 is 14.3 Å². The second kappa shape index (κ2) is 10.3. The Morgan fingerprint density at radius 1 is 1.20 bits per heavy atom. The monoisotopic (exact) mass is 349 g/mol. The molecule has 0 fully saturated rings. The minimum Gasteiger partial charge on any atom is -0.467 e. The van der Waals surface area contributed by atoms with E-state index >= 15 is 0 Å². The summed E-state index contributed by atoms with van der Waals surface area (Å²) in [5, 5.41) is 10.3. The van der Waals surface area contributed by atoms with Gasteiger partial charge in [0, 0.05) is 18.7 Å². The average Bonchev–Trinajstić information content (AvgIpc) is 3.08. The number of nitrogens with zero attached hydrogens (tertiary/aromatic N) is 1. The van der Waals surface area contributed by atoms with E-state index in [0.29, 0.717) is 31.2 Å². The van der Waals surface area contributed by atoms with Crippen molar-refractivity contribution >= 4 is 0 Å². The van der Waals surface area contributed by atoms with Crippen molar-refractivity contribution in [1.82, 2.24) is 4.90 Å². The fraction of sp³-hybridized carbons (Fsp3) is 0.500. The van der Waals surface area contributed by atoms with E-state index < -0.39 is 6.10 Å². The van der Waals surface area contributed by atoms with Crippen molar-refractivity contribution in [2.24, 2.45) is 5.92 Å².